The molecule has 0 spiro atoms. The summed E-state index contributed by atoms with van der Waals surface area (Å²) < 4.78 is 1.56. The molecule has 0 saturated carbocycles. The van der Waals surface area contributed by atoms with E-state index in [1.807, 2.05) is 6.20 Å². The number of Topliss-reactive ketones (excluding diaryl/α,β-unsaturated/α-hetero) is 1. The third-order valence-corrected chi connectivity index (χ3v) is 4.76. The summed E-state index contributed by atoms with van der Waals surface area (Å²) in [4.78, 5) is 15.3. The van der Waals surface area contributed by atoms with Crippen molar-refractivity contribution in [2.75, 3.05) is 0 Å². The third kappa shape index (κ3) is 6.24. The lowest BCUT2D eigenvalue weighted by molar-refractivity contribution is 0.100. The van der Waals surface area contributed by atoms with Crippen molar-refractivity contribution in [3.05, 3.63) is 77.3 Å². The normalized spacial score (nSPS) is 12.7. The number of allylic oxidation sites excluding steroid dienone is 4. The lowest BCUT2D eigenvalue weighted by atomic mass is 9.93. The van der Waals surface area contributed by atoms with E-state index in [1.165, 1.54) is 41.0 Å². The molecule has 0 aliphatic heterocycles. The minimum Gasteiger partial charge on any atom is -0.293 e. The first-order valence-corrected chi connectivity index (χ1v) is 10.6. The second-order valence-electron chi connectivity index (χ2n) is 7.66. The maximum absolute atomic E-state index is 10.7. The number of benzene rings is 1. The summed E-state index contributed by atoms with van der Waals surface area (Å²) in [6.45, 7) is 10.1. The summed E-state index contributed by atoms with van der Waals surface area (Å²) in [6.07, 6.45) is 11.7. The molecule has 2 aromatic heterocycles. The molecule has 1 aliphatic carbocycles. The van der Waals surface area contributed by atoms with Crippen molar-refractivity contribution in [1.29, 1.82) is 0 Å². The van der Waals surface area contributed by atoms with Gasteiger partial charge in [0.1, 0.15) is 5.69 Å². The van der Waals surface area contributed by atoms with Gasteiger partial charge in [0.15, 0.2) is 5.78 Å². The van der Waals surface area contributed by atoms with Crippen molar-refractivity contribution in [1.82, 2.24) is 14.8 Å². The fraction of sp³-hybridized carbons (Fsp3) is 0.346. The summed E-state index contributed by atoms with van der Waals surface area (Å²) >= 11 is 0. The van der Waals surface area contributed by atoms with Crippen molar-refractivity contribution in [3.63, 3.8) is 0 Å². The molecular weight excluding hydrogens is 370 g/mol. The molecule has 3 aromatic rings. The van der Waals surface area contributed by atoms with E-state index in [2.05, 4.69) is 74.2 Å². The Kier molecular flexibility index (Phi) is 8.72. The number of hydrogen-bond donors (Lipinski definition) is 0. The number of pyridine rings is 1. The summed E-state index contributed by atoms with van der Waals surface area (Å²) in [5.74, 6) is 0.0509. The van der Waals surface area contributed by atoms with Crippen molar-refractivity contribution >= 4 is 22.3 Å². The second-order valence-corrected chi connectivity index (χ2v) is 7.66. The average molecular weight is 404 g/mol. The van der Waals surface area contributed by atoms with E-state index in [1.54, 1.807) is 24.0 Å². The fourth-order valence-electron chi connectivity index (χ4n) is 3.22. The number of fused-ring (bicyclic) bond motifs is 1. The van der Waals surface area contributed by atoms with Crippen LogP contribution in [-0.2, 0) is 7.05 Å². The van der Waals surface area contributed by atoms with Crippen LogP contribution in [0.2, 0.25) is 0 Å². The lowest BCUT2D eigenvalue weighted by Gasteiger charge is -2.13. The van der Waals surface area contributed by atoms with Gasteiger partial charge in [0, 0.05) is 37.3 Å². The van der Waals surface area contributed by atoms with Gasteiger partial charge < -0.3 is 0 Å². The molecular formula is C26H33N3O. The first kappa shape index (κ1) is 23.3. The number of rotatable bonds is 2. The third-order valence-electron chi connectivity index (χ3n) is 4.76. The van der Waals surface area contributed by atoms with Gasteiger partial charge in [-0.25, -0.2) is 0 Å². The Balaban J connectivity index is 0.000000224. The van der Waals surface area contributed by atoms with Crippen molar-refractivity contribution < 1.29 is 4.79 Å². The molecule has 0 atom stereocenters. The van der Waals surface area contributed by atoms with E-state index in [-0.39, 0.29) is 5.78 Å². The Morgan fingerprint density at radius 3 is 2.43 bits per heavy atom. The largest absolute Gasteiger partial charge is 0.293 e. The summed E-state index contributed by atoms with van der Waals surface area (Å²) in [6, 6.07) is 10.4. The highest BCUT2D eigenvalue weighted by molar-refractivity contribution is 5.92. The number of ketones is 1. The minimum atomic E-state index is 0.0509. The van der Waals surface area contributed by atoms with Crippen molar-refractivity contribution in [2.45, 2.75) is 53.9 Å². The van der Waals surface area contributed by atoms with Gasteiger partial charge in [-0.15, -0.1) is 0 Å². The molecule has 0 radical (unpaired) electrons. The summed E-state index contributed by atoms with van der Waals surface area (Å²) in [7, 11) is 1.75. The Morgan fingerprint density at radius 1 is 1.13 bits per heavy atom. The summed E-state index contributed by atoms with van der Waals surface area (Å²) in [5.41, 5.74) is 7.03. The van der Waals surface area contributed by atoms with Crippen LogP contribution in [0, 0.1) is 6.92 Å². The van der Waals surface area contributed by atoms with Gasteiger partial charge in [-0.3, -0.25) is 14.5 Å². The van der Waals surface area contributed by atoms with E-state index < -0.39 is 0 Å². The number of hydrogen-bond acceptors (Lipinski definition) is 3. The van der Waals surface area contributed by atoms with Gasteiger partial charge in [0.05, 0.1) is 5.52 Å². The standard InChI is InChI=1S/C17H17N.C6H8N2O.C3H8/c1-12-7-8-14-10-15(11-18-17(14)9-12)16-6-4-3-5-13(16)2;1-5(9)6-3-4-7-8(6)2;1-3-2/h4,6-11H,3,5H2,1-2H3;3-4H,1-2H3;3H2,1-2H3. The Hall–Kier alpha value is -3.01. The van der Waals surface area contributed by atoms with E-state index in [9.17, 15) is 4.79 Å². The first-order valence-electron chi connectivity index (χ1n) is 10.6. The molecule has 4 heteroatoms. The van der Waals surface area contributed by atoms with E-state index in [0.29, 0.717) is 5.69 Å². The zero-order valence-corrected chi connectivity index (χ0v) is 19.1. The topological polar surface area (TPSA) is 47.8 Å². The Bertz CT molecular complexity index is 1060. The highest BCUT2D eigenvalue weighted by atomic mass is 16.1. The fourth-order valence-corrected chi connectivity index (χ4v) is 3.22. The number of carbonyl (C=O) groups is 1. The quantitative estimate of drug-likeness (QED) is 0.447. The van der Waals surface area contributed by atoms with Crippen LogP contribution in [0.4, 0.5) is 0 Å². The molecule has 158 valence electrons. The van der Waals surface area contributed by atoms with Crippen LogP contribution in [0.1, 0.15) is 68.6 Å². The van der Waals surface area contributed by atoms with Gasteiger partial charge >= 0.3 is 0 Å². The number of aromatic nitrogens is 3. The molecule has 1 aromatic carbocycles. The summed E-state index contributed by atoms with van der Waals surface area (Å²) in [5, 5.41) is 5.05. The van der Waals surface area contributed by atoms with Gasteiger partial charge in [-0.1, -0.05) is 50.1 Å². The van der Waals surface area contributed by atoms with Gasteiger partial charge in [0.25, 0.3) is 0 Å². The van der Waals surface area contributed by atoms with Crippen LogP contribution in [0.25, 0.3) is 16.5 Å². The van der Waals surface area contributed by atoms with Crippen LogP contribution in [0.15, 0.2) is 60.5 Å². The van der Waals surface area contributed by atoms with E-state index in [4.69, 9.17) is 0 Å². The molecule has 1 aliphatic rings. The first-order chi connectivity index (χ1) is 14.4. The molecule has 0 amide bonds. The van der Waals surface area contributed by atoms with Crippen LogP contribution < -0.4 is 0 Å². The second kappa shape index (κ2) is 11.2. The number of carbonyl (C=O) groups excluding carboxylic acids is 1. The molecule has 0 fully saturated rings. The van der Waals surface area contributed by atoms with Crippen LogP contribution in [0.5, 0.6) is 0 Å². The Labute approximate surface area is 180 Å². The highest BCUT2D eigenvalue weighted by Crippen LogP contribution is 2.28. The maximum atomic E-state index is 10.7. The highest BCUT2D eigenvalue weighted by Gasteiger charge is 2.08. The van der Waals surface area contributed by atoms with E-state index >= 15 is 0 Å². The molecule has 0 unspecified atom stereocenters. The average Bonchev–Trinajstić information content (AvgIpc) is 3.15. The van der Waals surface area contributed by atoms with Crippen LogP contribution >= 0.6 is 0 Å². The predicted octanol–water partition coefficient (Wildman–Crippen LogP) is 6.71. The van der Waals surface area contributed by atoms with Gasteiger partial charge in [-0.2, -0.15) is 5.10 Å². The maximum Gasteiger partial charge on any atom is 0.177 e. The SMILES string of the molecule is CC(=O)c1ccnn1C.CC1=C(c2cnc3cc(C)ccc3c2)C=CCC1.CCC. The smallest absolute Gasteiger partial charge is 0.177 e. The molecule has 4 rings (SSSR count). The van der Waals surface area contributed by atoms with Gasteiger partial charge in [0.2, 0.25) is 0 Å². The minimum absolute atomic E-state index is 0.0509. The molecule has 0 saturated heterocycles. The lowest BCUT2D eigenvalue weighted by Crippen LogP contribution is -2.01. The van der Waals surface area contributed by atoms with E-state index in [0.717, 1.165) is 18.4 Å². The van der Waals surface area contributed by atoms with Crippen molar-refractivity contribution in [2.24, 2.45) is 7.05 Å². The molecule has 30 heavy (non-hydrogen) atoms. The number of aryl methyl sites for hydroxylation is 2. The van der Waals surface area contributed by atoms with Crippen LogP contribution in [0.3, 0.4) is 0 Å². The predicted molar refractivity (Wildman–Crippen MR) is 127 cm³/mol. The zero-order valence-electron chi connectivity index (χ0n) is 19.1. The molecule has 4 nitrogen and oxygen atoms in total. The Morgan fingerprint density at radius 2 is 1.87 bits per heavy atom. The number of nitrogens with zero attached hydrogens (tertiary/aromatic N) is 3. The zero-order chi connectivity index (χ0) is 22.1. The van der Waals surface area contributed by atoms with Gasteiger partial charge in [-0.05, 0) is 56.0 Å². The molecule has 2 heterocycles. The van der Waals surface area contributed by atoms with Crippen LogP contribution in [-0.4, -0.2) is 20.5 Å². The molecule has 0 bridgehead atoms. The monoisotopic (exact) mass is 403 g/mol. The van der Waals surface area contributed by atoms with Crippen molar-refractivity contribution in [3.8, 4) is 0 Å². The molecule has 0 N–H and O–H groups in total.